The number of fused-ring (bicyclic) bond motifs is 2. The molecule has 0 saturated heterocycles. The van der Waals surface area contributed by atoms with E-state index in [2.05, 4.69) is 69.5 Å². The maximum atomic E-state index is 16.3. The van der Waals surface area contributed by atoms with E-state index in [4.69, 9.17) is 0 Å². The van der Waals surface area contributed by atoms with Gasteiger partial charge in [-0.25, -0.2) is 0 Å². The Hall–Kier alpha value is -0.00260. The van der Waals surface area contributed by atoms with E-state index in [0.29, 0.717) is 11.8 Å². The van der Waals surface area contributed by atoms with Crippen molar-refractivity contribution < 1.29 is 8.78 Å². The molecule has 0 amide bonds. The summed E-state index contributed by atoms with van der Waals surface area (Å²) in [6.07, 6.45) is 21.5. The monoisotopic (exact) mass is 1050 g/mol. The van der Waals surface area contributed by atoms with E-state index in [1.54, 1.807) is 22.7 Å². The Balaban J connectivity index is 1.66. The quantitative estimate of drug-likeness (QED) is 0.0427. The predicted octanol–water partition coefficient (Wildman–Crippen LogP) is 17.6. The number of benzene rings is 1. The van der Waals surface area contributed by atoms with Crippen LogP contribution in [-0.2, 0) is 12.8 Å². The minimum atomic E-state index is -2.53. The molecule has 0 aliphatic rings. The number of hydrogen-bond donors (Lipinski definition) is 0. The SMILES string of the molecule is CCCCCCC(CCCC)Cc1sc(-c2c3c[c]([Sn]([CH3])([CH3])[CH3])sc3c(-c3cc(F)c(CC(CCCC)CCCCCC)s3)c3c[c]([Sn]([CH3])([CH3])[CH3])sc23)cc1F. The van der Waals surface area contributed by atoms with Crippen LogP contribution >= 0.6 is 45.3 Å². The van der Waals surface area contributed by atoms with Gasteiger partial charge in [-0.15, -0.1) is 0 Å². The minimum absolute atomic E-state index is 0.0139. The van der Waals surface area contributed by atoms with Crippen LogP contribution in [0.3, 0.4) is 0 Å². The van der Waals surface area contributed by atoms with Gasteiger partial charge in [0.2, 0.25) is 0 Å². The van der Waals surface area contributed by atoms with Gasteiger partial charge in [-0.3, -0.25) is 0 Å². The molecule has 0 aliphatic carbocycles. The summed E-state index contributed by atoms with van der Waals surface area (Å²) in [5.74, 6) is 1.06. The molecule has 0 nitrogen and oxygen atoms in total. The summed E-state index contributed by atoms with van der Waals surface area (Å²) in [6, 6.07) is 8.79. The van der Waals surface area contributed by atoms with E-state index >= 15 is 8.78 Å². The first-order chi connectivity index (χ1) is 26.7. The summed E-state index contributed by atoms with van der Waals surface area (Å²) in [6.45, 7) is 9.10. The molecule has 0 aliphatic heterocycles. The summed E-state index contributed by atoms with van der Waals surface area (Å²) in [5, 5.41) is 2.55. The van der Waals surface area contributed by atoms with Crippen molar-refractivity contribution in [1.29, 1.82) is 0 Å². The first-order valence-electron chi connectivity index (χ1n) is 22.3. The number of unbranched alkanes of at least 4 members (excludes halogenated alkanes) is 8. The topological polar surface area (TPSA) is 0 Å². The molecule has 4 aromatic heterocycles. The Labute approximate surface area is 364 Å². The van der Waals surface area contributed by atoms with Crippen molar-refractivity contribution in [3.63, 3.8) is 0 Å². The molecule has 2 atom stereocenters. The third kappa shape index (κ3) is 12.1. The number of halogens is 2. The second-order valence-corrected chi connectivity index (χ2v) is 54.1. The first kappa shape index (κ1) is 47.1. The van der Waals surface area contributed by atoms with Crippen LogP contribution in [0.15, 0.2) is 24.3 Å². The van der Waals surface area contributed by atoms with Gasteiger partial charge in [-0.05, 0) is 0 Å². The number of rotatable bonds is 24. The van der Waals surface area contributed by atoms with Crippen molar-refractivity contribution in [2.75, 3.05) is 0 Å². The maximum absolute atomic E-state index is 16.3. The summed E-state index contributed by atoms with van der Waals surface area (Å²) in [4.78, 5) is 19.1. The van der Waals surface area contributed by atoms with Crippen molar-refractivity contribution in [2.24, 2.45) is 11.8 Å². The van der Waals surface area contributed by atoms with E-state index in [1.807, 2.05) is 34.8 Å². The number of thiophene rings is 4. The standard InChI is InChI=1S/C42H54F2S4.6CH3.2Sn/c1-5-9-13-15-19-29(17-11-7-3)25-35-33(43)27-37(47-35)39-31-21-23-46-42(31)40(32-22-24-45-41(32)39)38-28-34(44)36(48-38)26-30(18-12-8-4)20-16-14-10-6-2;;;;;;;;/h21-22,27-30H,5-20,25-26H2,1-4H3;6*1H3;;. The summed E-state index contributed by atoms with van der Waals surface area (Å²) >= 11 is 2.34. The van der Waals surface area contributed by atoms with Gasteiger partial charge < -0.3 is 0 Å². The molecular weight excluding hydrogens is 980 g/mol. The van der Waals surface area contributed by atoms with E-state index < -0.39 is 36.8 Å². The molecule has 0 N–H and O–H groups in total. The summed E-state index contributed by atoms with van der Waals surface area (Å²) < 4.78 is 38.3. The molecule has 5 rings (SSSR count). The Morgan fingerprint density at radius 2 is 0.821 bits per heavy atom. The fourth-order valence-corrected chi connectivity index (χ4v) is 23.7. The summed E-state index contributed by atoms with van der Waals surface area (Å²) in [7, 11) is 0. The molecule has 0 fully saturated rings. The van der Waals surface area contributed by atoms with Crippen LogP contribution in [0.1, 0.15) is 140 Å². The molecule has 2 unspecified atom stereocenters. The molecule has 0 radical (unpaired) electrons. The van der Waals surface area contributed by atoms with Crippen molar-refractivity contribution >= 4 is 108 Å². The number of hydrogen-bond acceptors (Lipinski definition) is 4. The van der Waals surface area contributed by atoms with Crippen LogP contribution in [-0.4, -0.2) is 36.8 Å². The molecule has 56 heavy (non-hydrogen) atoms. The second kappa shape index (κ2) is 21.7. The molecule has 8 heteroatoms. The Kier molecular flexibility index (Phi) is 18.2. The molecular formula is C48H72F2S4Sn2. The van der Waals surface area contributed by atoms with Gasteiger partial charge >= 0.3 is 315 Å². The summed E-state index contributed by atoms with van der Waals surface area (Å²) in [5.41, 5.74) is 2.49. The van der Waals surface area contributed by atoms with Crippen LogP contribution in [0.2, 0.25) is 29.6 Å². The Bertz CT molecular complexity index is 1790. The van der Waals surface area contributed by atoms with Gasteiger partial charge in [-0.2, -0.15) is 0 Å². The van der Waals surface area contributed by atoms with Crippen LogP contribution in [0.5, 0.6) is 0 Å². The predicted molar refractivity (Wildman–Crippen MR) is 261 cm³/mol. The van der Waals surface area contributed by atoms with Crippen molar-refractivity contribution in [3.05, 3.63) is 45.7 Å². The second-order valence-electron chi connectivity index (χ2n) is 18.8. The zero-order valence-electron chi connectivity index (χ0n) is 36.6. The molecule has 0 bridgehead atoms. The van der Waals surface area contributed by atoms with E-state index in [9.17, 15) is 0 Å². The van der Waals surface area contributed by atoms with Gasteiger partial charge in [0, 0.05) is 0 Å². The molecule has 0 saturated carbocycles. The molecule has 1 aromatic carbocycles. The van der Waals surface area contributed by atoms with Crippen LogP contribution < -0.4 is 5.79 Å². The van der Waals surface area contributed by atoms with Gasteiger partial charge in [0.25, 0.3) is 0 Å². The van der Waals surface area contributed by atoms with Gasteiger partial charge in [0.1, 0.15) is 0 Å². The fourth-order valence-electron chi connectivity index (χ4n) is 8.26. The van der Waals surface area contributed by atoms with E-state index in [0.717, 1.165) is 32.4 Å². The van der Waals surface area contributed by atoms with Gasteiger partial charge in [-0.1, -0.05) is 53.4 Å². The van der Waals surface area contributed by atoms with Crippen LogP contribution in [0.4, 0.5) is 8.78 Å². The Morgan fingerprint density at radius 1 is 0.464 bits per heavy atom. The van der Waals surface area contributed by atoms with Crippen LogP contribution in [0, 0.1) is 23.5 Å². The molecule has 310 valence electrons. The van der Waals surface area contributed by atoms with Gasteiger partial charge in [0.05, 0.1) is 0 Å². The van der Waals surface area contributed by atoms with E-state index in [-0.39, 0.29) is 11.6 Å². The van der Waals surface area contributed by atoms with Crippen molar-refractivity contribution in [1.82, 2.24) is 0 Å². The average molecular weight is 1050 g/mol. The fraction of sp³-hybridized carbons (Fsp3) is 0.625. The van der Waals surface area contributed by atoms with Crippen LogP contribution in [0.25, 0.3) is 41.1 Å². The van der Waals surface area contributed by atoms with Gasteiger partial charge in [0.15, 0.2) is 0 Å². The van der Waals surface area contributed by atoms with Crippen molar-refractivity contribution in [3.8, 4) is 20.9 Å². The Morgan fingerprint density at radius 3 is 1.16 bits per heavy atom. The first-order valence-corrected chi connectivity index (χ1v) is 45.6. The zero-order chi connectivity index (χ0) is 40.6. The van der Waals surface area contributed by atoms with E-state index in [1.165, 1.54) is 140 Å². The van der Waals surface area contributed by atoms with Crippen molar-refractivity contribution in [2.45, 2.75) is 173 Å². The third-order valence-corrected chi connectivity index (χ3v) is 35.2. The molecule has 5 aromatic rings. The normalized spacial score (nSPS) is 13.8. The zero-order valence-corrected chi connectivity index (χ0v) is 45.6. The third-order valence-electron chi connectivity index (χ3n) is 11.8. The molecule has 0 spiro atoms. The molecule has 4 heterocycles. The average Bonchev–Trinajstić information content (AvgIpc) is 3.94.